The van der Waals surface area contributed by atoms with Crippen molar-refractivity contribution in [1.29, 1.82) is 0 Å². The van der Waals surface area contributed by atoms with Gasteiger partial charge in [-0.1, -0.05) is 17.7 Å². The zero-order chi connectivity index (χ0) is 15.4. The van der Waals surface area contributed by atoms with Crippen molar-refractivity contribution in [2.75, 3.05) is 0 Å². The Hall–Kier alpha value is -1.69. The minimum Gasteiger partial charge on any atom is -0.488 e. The van der Waals surface area contributed by atoms with Gasteiger partial charge in [0.25, 0.3) is 0 Å². The molecule has 0 bridgehead atoms. The van der Waals surface area contributed by atoms with E-state index < -0.39 is 24.8 Å². The van der Waals surface area contributed by atoms with Gasteiger partial charge < -0.3 is 14.9 Å². The van der Waals surface area contributed by atoms with Gasteiger partial charge in [0.05, 0.1) is 18.2 Å². The van der Waals surface area contributed by atoms with Gasteiger partial charge >= 0.3 is 0 Å². The lowest BCUT2D eigenvalue weighted by Crippen LogP contribution is -2.05. The molecule has 0 unspecified atom stereocenters. The highest BCUT2D eigenvalue weighted by atomic mass is 35.5. The second-order valence-electron chi connectivity index (χ2n) is 4.36. The number of ether oxygens (including phenoxy) is 1. The van der Waals surface area contributed by atoms with Crippen LogP contribution in [-0.4, -0.2) is 10.2 Å². The Balaban J connectivity index is 2.31. The van der Waals surface area contributed by atoms with Crippen LogP contribution in [0.15, 0.2) is 30.3 Å². The van der Waals surface area contributed by atoms with Crippen LogP contribution in [0.25, 0.3) is 0 Å². The molecule has 6 heteroatoms. The van der Waals surface area contributed by atoms with Crippen molar-refractivity contribution in [2.45, 2.75) is 19.8 Å². The molecule has 0 saturated carbocycles. The van der Waals surface area contributed by atoms with Crippen molar-refractivity contribution in [3.05, 3.63) is 63.7 Å². The first-order valence-corrected chi connectivity index (χ1v) is 6.53. The van der Waals surface area contributed by atoms with Crippen molar-refractivity contribution >= 4 is 11.6 Å². The summed E-state index contributed by atoms with van der Waals surface area (Å²) in [7, 11) is 0. The van der Waals surface area contributed by atoms with Crippen molar-refractivity contribution in [3.63, 3.8) is 0 Å². The van der Waals surface area contributed by atoms with Crippen LogP contribution in [0.5, 0.6) is 5.75 Å². The number of aliphatic hydroxyl groups is 2. The highest BCUT2D eigenvalue weighted by molar-refractivity contribution is 6.31. The lowest BCUT2D eigenvalue weighted by Gasteiger charge is -2.15. The SMILES string of the molecule is OCc1cc(F)cc(CO)c1OCc1c(F)cccc1Cl. The number of aliphatic hydroxyl groups excluding tert-OH is 2. The first-order valence-electron chi connectivity index (χ1n) is 6.15. The zero-order valence-electron chi connectivity index (χ0n) is 10.9. The zero-order valence-corrected chi connectivity index (χ0v) is 11.7. The Morgan fingerprint density at radius 1 is 1.05 bits per heavy atom. The first-order chi connectivity index (χ1) is 10.1. The molecule has 2 aromatic carbocycles. The van der Waals surface area contributed by atoms with Crippen molar-refractivity contribution < 1.29 is 23.7 Å². The predicted molar refractivity (Wildman–Crippen MR) is 74.0 cm³/mol. The molecule has 0 aliphatic carbocycles. The third kappa shape index (κ3) is 3.50. The fourth-order valence-electron chi connectivity index (χ4n) is 1.95. The van der Waals surface area contributed by atoms with Crippen LogP contribution in [0.3, 0.4) is 0 Å². The molecule has 2 N–H and O–H groups in total. The third-order valence-corrected chi connectivity index (χ3v) is 3.32. The van der Waals surface area contributed by atoms with Crippen LogP contribution in [0.4, 0.5) is 8.78 Å². The molecule has 0 saturated heterocycles. The molecule has 112 valence electrons. The Labute approximate surface area is 125 Å². The normalized spacial score (nSPS) is 10.7. The first kappa shape index (κ1) is 15.7. The van der Waals surface area contributed by atoms with Crippen molar-refractivity contribution in [3.8, 4) is 5.75 Å². The summed E-state index contributed by atoms with van der Waals surface area (Å²) < 4.78 is 32.4. The van der Waals surface area contributed by atoms with Gasteiger partial charge in [-0.15, -0.1) is 0 Å². The second-order valence-corrected chi connectivity index (χ2v) is 4.77. The quantitative estimate of drug-likeness (QED) is 0.891. The summed E-state index contributed by atoms with van der Waals surface area (Å²) in [5.74, 6) is -0.999. The fraction of sp³-hybridized carbons (Fsp3) is 0.200. The van der Waals surface area contributed by atoms with E-state index in [9.17, 15) is 19.0 Å². The number of hydrogen-bond acceptors (Lipinski definition) is 3. The highest BCUT2D eigenvalue weighted by Gasteiger charge is 2.14. The largest absolute Gasteiger partial charge is 0.488 e. The number of hydrogen-bond donors (Lipinski definition) is 2. The maximum atomic E-state index is 13.7. The van der Waals surface area contributed by atoms with Crippen LogP contribution in [0.1, 0.15) is 16.7 Å². The molecule has 0 amide bonds. The highest BCUT2D eigenvalue weighted by Crippen LogP contribution is 2.28. The lowest BCUT2D eigenvalue weighted by molar-refractivity contribution is 0.239. The fourth-order valence-corrected chi connectivity index (χ4v) is 2.16. The smallest absolute Gasteiger partial charge is 0.131 e. The van der Waals surface area contributed by atoms with Crippen molar-refractivity contribution in [1.82, 2.24) is 0 Å². The van der Waals surface area contributed by atoms with Gasteiger partial charge in [0.15, 0.2) is 0 Å². The molecule has 0 radical (unpaired) electrons. The Morgan fingerprint density at radius 2 is 1.67 bits per heavy atom. The van der Waals surface area contributed by atoms with E-state index in [1.54, 1.807) is 0 Å². The number of benzene rings is 2. The van der Waals surface area contributed by atoms with Gasteiger partial charge in [0.1, 0.15) is 24.0 Å². The average molecular weight is 315 g/mol. The van der Waals surface area contributed by atoms with Crippen LogP contribution in [0, 0.1) is 11.6 Å². The van der Waals surface area contributed by atoms with Gasteiger partial charge in [0.2, 0.25) is 0 Å². The summed E-state index contributed by atoms with van der Waals surface area (Å²) in [6.07, 6.45) is 0. The summed E-state index contributed by atoms with van der Waals surface area (Å²) >= 11 is 5.89. The maximum absolute atomic E-state index is 13.7. The monoisotopic (exact) mass is 314 g/mol. The summed E-state index contributed by atoms with van der Waals surface area (Å²) in [4.78, 5) is 0. The van der Waals surface area contributed by atoms with E-state index in [4.69, 9.17) is 16.3 Å². The molecular weight excluding hydrogens is 302 g/mol. The summed E-state index contributed by atoms with van der Waals surface area (Å²) in [5, 5.41) is 18.7. The Bertz CT molecular complexity index is 602. The molecule has 0 aliphatic rings. The van der Waals surface area contributed by atoms with Gasteiger partial charge in [-0.25, -0.2) is 8.78 Å². The molecule has 0 heterocycles. The second kappa shape index (κ2) is 6.85. The summed E-state index contributed by atoms with van der Waals surface area (Å²) in [5.41, 5.74) is 0.495. The van der Waals surface area contributed by atoms with E-state index in [0.29, 0.717) is 0 Å². The Kier molecular flexibility index (Phi) is 5.12. The molecule has 0 fully saturated rings. The van der Waals surface area contributed by atoms with Gasteiger partial charge in [-0.2, -0.15) is 0 Å². The molecule has 0 atom stereocenters. The van der Waals surface area contributed by atoms with Gasteiger partial charge in [-0.05, 0) is 24.3 Å². The van der Waals surface area contributed by atoms with Gasteiger partial charge in [0, 0.05) is 16.7 Å². The van der Waals surface area contributed by atoms with Crippen LogP contribution in [-0.2, 0) is 19.8 Å². The van der Waals surface area contributed by atoms with E-state index in [2.05, 4.69) is 0 Å². The van der Waals surface area contributed by atoms with Crippen molar-refractivity contribution in [2.24, 2.45) is 0 Å². The number of rotatable bonds is 5. The van der Waals surface area contributed by atoms with E-state index >= 15 is 0 Å². The third-order valence-electron chi connectivity index (χ3n) is 2.97. The van der Waals surface area contributed by atoms with E-state index in [1.165, 1.54) is 18.2 Å². The topological polar surface area (TPSA) is 49.7 Å². The predicted octanol–water partition coefficient (Wildman–Crippen LogP) is 3.18. The minimum absolute atomic E-state index is 0.126. The summed E-state index contributed by atoms with van der Waals surface area (Å²) in [6.45, 7) is -1.13. The molecule has 0 aliphatic heterocycles. The van der Waals surface area contributed by atoms with Gasteiger partial charge in [-0.3, -0.25) is 0 Å². The number of halogens is 3. The minimum atomic E-state index is -0.598. The molecule has 21 heavy (non-hydrogen) atoms. The maximum Gasteiger partial charge on any atom is 0.131 e. The molecule has 0 spiro atoms. The van der Waals surface area contributed by atoms with E-state index in [1.807, 2.05) is 0 Å². The Morgan fingerprint density at radius 3 is 2.19 bits per heavy atom. The lowest BCUT2D eigenvalue weighted by atomic mass is 10.1. The summed E-state index contributed by atoms with van der Waals surface area (Å²) in [6, 6.07) is 6.43. The van der Waals surface area contributed by atoms with E-state index in [0.717, 1.165) is 12.1 Å². The average Bonchev–Trinajstić information content (AvgIpc) is 2.47. The molecule has 2 aromatic rings. The molecule has 3 nitrogen and oxygen atoms in total. The van der Waals surface area contributed by atoms with E-state index in [-0.39, 0.29) is 34.1 Å². The molecule has 2 rings (SSSR count). The molecular formula is C15H13ClF2O3. The standard InChI is InChI=1S/C15H13ClF2O3/c16-13-2-1-3-14(18)12(13)8-21-15-9(6-19)4-11(17)5-10(15)7-20/h1-5,19-20H,6-8H2. The van der Waals surface area contributed by atoms with Crippen LogP contribution in [0.2, 0.25) is 5.02 Å². The molecule has 0 aromatic heterocycles. The van der Waals surface area contributed by atoms with Crippen LogP contribution >= 0.6 is 11.6 Å². The van der Waals surface area contributed by atoms with Crippen LogP contribution < -0.4 is 4.74 Å².